The summed E-state index contributed by atoms with van der Waals surface area (Å²) in [5, 5.41) is 15.7. The maximum atomic E-state index is 13.7. The van der Waals surface area contributed by atoms with Gasteiger partial charge in [-0.05, 0) is 19.8 Å². The second-order valence-corrected chi connectivity index (χ2v) is 8.35. The van der Waals surface area contributed by atoms with Crippen molar-refractivity contribution < 1.29 is 83.5 Å². The van der Waals surface area contributed by atoms with Gasteiger partial charge < -0.3 is 15.4 Å². The van der Waals surface area contributed by atoms with Crippen molar-refractivity contribution in [1.82, 2.24) is 10.3 Å². The molecule has 1 saturated heterocycles. The monoisotopic (exact) mass is 621 g/mol. The van der Waals surface area contributed by atoms with E-state index in [0.29, 0.717) is 19.4 Å². The van der Waals surface area contributed by atoms with Crippen molar-refractivity contribution in [1.29, 1.82) is 0 Å². The molecule has 3 heterocycles. The molecule has 2 atom stereocenters. The van der Waals surface area contributed by atoms with Crippen molar-refractivity contribution >= 4 is 27.5 Å². The number of hydrogen-bond acceptors (Lipinski definition) is 7. The van der Waals surface area contributed by atoms with Gasteiger partial charge in [0.1, 0.15) is 6.61 Å². The maximum Gasteiger partial charge on any atom is 0.522 e. The van der Waals surface area contributed by atoms with Gasteiger partial charge in [0.25, 0.3) is 5.91 Å². The summed E-state index contributed by atoms with van der Waals surface area (Å²) in [4.78, 5) is 19.6. The Kier molecular flexibility index (Phi) is 13.0. The second-order valence-electron chi connectivity index (χ2n) is 7.47. The quantitative estimate of drug-likeness (QED) is 0.197. The third-order valence-electron chi connectivity index (χ3n) is 4.87. The van der Waals surface area contributed by atoms with Crippen molar-refractivity contribution in [2.75, 3.05) is 26.8 Å². The minimum atomic E-state index is -4.64. The molecule has 2 N–H and O–H groups in total. The Morgan fingerprint density at radius 3 is 2.47 bits per heavy atom. The summed E-state index contributed by atoms with van der Waals surface area (Å²) in [5.41, 5.74) is -0.692. The standard InChI is InChI=1S/C17H19F3N3O2S.C3H5F3O3.Y/c1-8-6-10(4-5-22-8)25-16-9(2)12(17(18,19)20)14-13(23-16)11(7-26-14)15(24)21-3;4-3(5,6)8-1-2-9-7;/h7-8,10H,4-6H2,1-3H3,(H,21,24);7H,1-2H2;/q-1;;. The SMILES string of the molecule is CNC(=O)c1csc2c(C(F)(F)F)c(C)c(OC3CC[N-]C(C)C3)nc12.OOCCOC(F)(F)F.[Y]. The van der Waals surface area contributed by atoms with E-state index in [1.165, 1.54) is 19.4 Å². The average Bonchev–Trinajstić information content (AvgIpc) is 3.15. The van der Waals surface area contributed by atoms with Crippen LogP contribution in [0.5, 0.6) is 5.88 Å². The van der Waals surface area contributed by atoms with Crippen molar-refractivity contribution in [3.05, 3.63) is 27.4 Å². The average molecular weight is 621 g/mol. The number of rotatable bonds is 6. The number of aromatic nitrogens is 1. The Hall–Kier alpha value is -1.10. The molecule has 16 heteroatoms. The summed E-state index contributed by atoms with van der Waals surface area (Å²) < 4.78 is 83.1. The number of carbonyl (C=O) groups is 1. The van der Waals surface area contributed by atoms with Crippen LogP contribution in [0.2, 0.25) is 0 Å². The van der Waals surface area contributed by atoms with Gasteiger partial charge in [-0.3, -0.25) is 14.8 Å². The van der Waals surface area contributed by atoms with Gasteiger partial charge in [0.2, 0.25) is 5.88 Å². The van der Waals surface area contributed by atoms with E-state index in [1.54, 1.807) is 0 Å². The zero-order valence-corrected chi connectivity index (χ0v) is 23.2. The Morgan fingerprint density at radius 2 is 1.94 bits per heavy atom. The third kappa shape index (κ3) is 9.33. The first-order valence-corrected chi connectivity index (χ1v) is 11.2. The van der Waals surface area contributed by atoms with Crippen LogP contribution in [0, 0.1) is 6.92 Å². The molecular formula is C20H24F6N3O5SY-. The number of alkyl halides is 6. The molecule has 1 aliphatic rings. The van der Waals surface area contributed by atoms with E-state index in [9.17, 15) is 31.1 Å². The predicted molar refractivity (Wildman–Crippen MR) is 115 cm³/mol. The van der Waals surface area contributed by atoms with Gasteiger partial charge in [-0.25, -0.2) is 9.87 Å². The van der Waals surface area contributed by atoms with Crippen LogP contribution in [0.15, 0.2) is 5.38 Å². The molecule has 3 rings (SSSR count). The number of amides is 1. The molecule has 0 spiro atoms. The Bertz CT molecular complexity index is 1000. The first-order valence-electron chi connectivity index (χ1n) is 10.3. The number of pyridine rings is 1. The molecule has 2 aromatic rings. The molecule has 1 radical (unpaired) electrons. The van der Waals surface area contributed by atoms with Gasteiger partial charge in [0.15, 0.2) is 0 Å². The predicted octanol–water partition coefficient (Wildman–Crippen LogP) is 5.30. The van der Waals surface area contributed by atoms with Crippen LogP contribution in [-0.2, 0) is 48.5 Å². The summed E-state index contributed by atoms with van der Waals surface area (Å²) in [6, 6.07) is 0.0995. The molecule has 0 aromatic carbocycles. The number of nitrogens with one attached hydrogen (secondary N) is 1. The van der Waals surface area contributed by atoms with Gasteiger partial charge >= 0.3 is 12.5 Å². The van der Waals surface area contributed by atoms with Crippen molar-refractivity contribution in [3.8, 4) is 5.88 Å². The van der Waals surface area contributed by atoms with E-state index in [2.05, 4.69) is 25.2 Å². The van der Waals surface area contributed by atoms with Crippen LogP contribution >= 0.6 is 11.3 Å². The van der Waals surface area contributed by atoms with Crippen molar-refractivity contribution in [3.63, 3.8) is 0 Å². The number of halogens is 6. The number of hydrogen-bond donors (Lipinski definition) is 2. The molecule has 201 valence electrons. The first-order chi connectivity index (χ1) is 16.3. The molecular weight excluding hydrogens is 597 g/mol. The summed E-state index contributed by atoms with van der Waals surface area (Å²) in [5.74, 6) is -0.538. The fourth-order valence-corrected chi connectivity index (χ4v) is 4.43. The van der Waals surface area contributed by atoms with Gasteiger partial charge in [0.05, 0.1) is 34.1 Å². The van der Waals surface area contributed by atoms with Gasteiger partial charge in [-0.15, -0.1) is 37.1 Å². The largest absolute Gasteiger partial charge is 0.660 e. The van der Waals surface area contributed by atoms with Gasteiger partial charge in [-0.1, -0.05) is 6.92 Å². The van der Waals surface area contributed by atoms with Crippen LogP contribution in [0.25, 0.3) is 15.5 Å². The van der Waals surface area contributed by atoms with Crippen LogP contribution < -0.4 is 10.1 Å². The van der Waals surface area contributed by atoms with E-state index in [4.69, 9.17) is 9.99 Å². The van der Waals surface area contributed by atoms with E-state index in [-0.39, 0.29) is 72.1 Å². The molecule has 1 amide bonds. The van der Waals surface area contributed by atoms with E-state index in [1.807, 2.05) is 6.92 Å². The molecule has 1 fully saturated rings. The molecule has 2 aromatic heterocycles. The fourth-order valence-electron chi connectivity index (χ4n) is 3.33. The number of carbonyl (C=O) groups excluding carboxylic acids is 1. The normalized spacial score (nSPS) is 18.2. The summed E-state index contributed by atoms with van der Waals surface area (Å²) in [7, 11) is 1.43. The van der Waals surface area contributed by atoms with Crippen LogP contribution in [0.1, 0.15) is 41.3 Å². The second kappa shape index (κ2) is 14.2. The summed E-state index contributed by atoms with van der Waals surface area (Å²) >= 11 is 0.867. The number of fused-ring (bicyclic) bond motifs is 1. The van der Waals surface area contributed by atoms with Crippen molar-refractivity contribution in [2.45, 2.75) is 51.4 Å². The molecule has 1 aliphatic heterocycles. The Labute approximate surface area is 231 Å². The van der Waals surface area contributed by atoms with Crippen LogP contribution in [0.3, 0.4) is 0 Å². The number of ether oxygens (including phenoxy) is 2. The Balaban J connectivity index is 0.000000557. The topological polar surface area (TPSA) is 104 Å². The van der Waals surface area contributed by atoms with Crippen LogP contribution in [-0.4, -0.2) is 61.5 Å². The van der Waals surface area contributed by atoms with E-state index in [0.717, 1.165) is 11.3 Å². The van der Waals surface area contributed by atoms with Crippen molar-refractivity contribution in [2.24, 2.45) is 0 Å². The third-order valence-corrected chi connectivity index (χ3v) is 5.86. The maximum absolute atomic E-state index is 13.7. The molecule has 36 heavy (non-hydrogen) atoms. The Morgan fingerprint density at radius 1 is 1.28 bits per heavy atom. The summed E-state index contributed by atoms with van der Waals surface area (Å²) in [6.07, 6.45) is -8.18. The zero-order chi connectivity index (χ0) is 26.4. The van der Waals surface area contributed by atoms with E-state index >= 15 is 0 Å². The molecule has 8 nitrogen and oxygen atoms in total. The minimum Gasteiger partial charge on any atom is -0.660 e. The van der Waals surface area contributed by atoms with Gasteiger partial charge in [0, 0.05) is 50.7 Å². The van der Waals surface area contributed by atoms with E-state index < -0.39 is 37.2 Å². The number of nitrogens with zero attached hydrogens (tertiary/aromatic N) is 2. The minimum absolute atomic E-state index is 0. The molecule has 0 saturated carbocycles. The van der Waals surface area contributed by atoms with Crippen LogP contribution in [0.4, 0.5) is 26.3 Å². The van der Waals surface area contributed by atoms with Gasteiger partial charge in [-0.2, -0.15) is 13.2 Å². The molecule has 2 unspecified atom stereocenters. The summed E-state index contributed by atoms with van der Waals surface area (Å²) in [6.45, 7) is 2.74. The first kappa shape index (κ1) is 32.9. The zero-order valence-electron chi connectivity index (χ0n) is 19.5. The fraction of sp³-hybridized carbons (Fsp3) is 0.600. The number of thiophene rings is 1. The number of piperidine rings is 1. The molecule has 0 aliphatic carbocycles. The molecule has 0 bridgehead atoms. The smallest absolute Gasteiger partial charge is 0.522 e.